The second-order valence-corrected chi connectivity index (χ2v) is 6.95. The second-order valence-electron chi connectivity index (χ2n) is 6.54. The minimum Gasteiger partial charge on any atom is -0.484 e. The summed E-state index contributed by atoms with van der Waals surface area (Å²) in [5, 5.41) is 5.27. The number of benzene rings is 3. The van der Waals surface area contributed by atoms with Crippen LogP contribution in [0.3, 0.4) is 0 Å². The van der Waals surface area contributed by atoms with Crippen molar-refractivity contribution < 1.29 is 14.3 Å². The maximum absolute atomic E-state index is 12.2. The van der Waals surface area contributed by atoms with Crippen molar-refractivity contribution in [2.45, 2.75) is 20.0 Å². The maximum atomic E-state index is 12.2. The van der Waals surface area contributed by atoms with Crippen LogP contribution in [-0.4, -0.2) is 11.9 Å². The van der Waals surface area contributed by atoms with Crippen LogP contribution in [-0.2, 0) is 0 Å². The first-order valence-electron chi connectivity index (χ1n) is 9.13. The molecule has 148 valence electrons. The minimum absolute atomic E-state index is 0.178. The zero-order valence-electron chi connectivity index (χ0n) is 16.1. The van der Waals surface area contributed by atoms with Crippen molar-refractivity contribution in [1.82, 2.24) is 5.32 Å². The fraction of sp³-hybridized carbons (Fsp3) is 0.130. The van der Waals surface area contributed by atoms with Crippen LogP contribution in [0.4, 0.5) is 10.5 Å². The number of nitrogens with one attached hydrogen (secondary N) is 2. The van der Waals surface area contributed by atoms with E-state index in [-0.39, 0.29) is 6.10 Å². The zero-order chi connectivity index (χ0) is 20.8. The first-order valence-corrected chi connectivity index (χ1v) is 9.51. The lowest BCUT2D eigenvalue weighted by atomic mass is 10.1. The summed E-state index contributed by atoms with van der Waals surface area (Å²) in [7, 11) is 0. The topological polar surface area (TPSA) is 67.4 Å². The van der Waals surface area contributed by atoms with Gasteiger partial charge in [-0.05, 0) is 49.2 Å². The number of hydrogen-bond donors (Lipinski definition) is 2. The van der Waals surface area contributed by atoms with E-state index in [1.54, 1.807) is 30.3 Å². The molecule has 3 amide bonds. The molecule has 0 aliphatic rings. The molecule has 3 aromatic carbocycles. The Labute approximate surface area is 174 Å². The van der Waals surface area contributed by atoms with Gasteiger partial charge in [0.2, 0.25) is 0 Å². The SMILES string of the molecule is Cc1ccccc1C(=O)NC(=O)Nc1ccc(OC(C)c2ccccc2)c(Cl)c1. The lowest BCUT2D eigenvalue weighted by Gasteiger charge is -2.17. The third-order valence-corrected chi connectivity index (χ3v) is 4.67. The van der Waals surface area contributed by atoms with Crippen molar-refractivity contribution in [3.63, 3.8) is 0 Å². The highest BCUT2D eigenvalue weighted by atomic mass is 35.5. The molecule has 6 heteroatoms. The van der Waals surface area contributed by atoms with Crippen LogP contribution in [0.15, 0.2) is 72.8 Å². The van der Waals surface area contributed by atoms with E-state index in [0.717, 1.165) is 11.1 Å². The highest BCUT2D eigenvalue weighted by Crippen LogP contribution is 2.31. The number of rotatable bonds is 5. The van der Waals surface area contributed by atoms with Crippen LogP contribution >= 0.6 is 11.6 Å². The Morgan fingerprint density at radius 2 is 1.66 bits per heavy atom. The summed E-state index contributed by atoms with van der Waals surface area (Å²) in [5.74, 6) is 0.0355. The van der Waals surface area contributed by atoms with Gasteiger partial charge in [-0.2, -0.15) is 0 Å². The Morgan fingerprint density at radius 3 is 2.34 bits per heavy atom. The molecule has 0 bridgehead atoms. The van der Waals surface area contributed by atoms with E-state index < -0.39 is 11.9 Å². The van der Waals surface area contributed by atoms with Crippen LogP contribution in [0.1, 0.15) is 34.5 Å². The smallest absolute Gasteiger partial charge is 0.326 e. The number of ether oxygens (including phenoxy) is 1. The summed E-state index contributed by atoms with van der Waals surface area (Å²) in [4.78, 5) is 24.4. The molecule has 5 nitrogen and oxygen atoms in total. The predicted molar refractivity (Wildman–Crippen MR) is 115 cm³/mol. The molecule has 29 heavy (non-hydrogen) atoms. The molecule has 0 aliphatic heterocycles. The van der Waals surface area contributed by atoms with Gasteiger partial charge in [-0.15, -0.1) is 0 Å². The fourth-order valence-corrected chi connectivity index (χ4v) is 3.04. The highest BCUT2D eigenvalue weighted by Gasteiger charge is 2.14. The summed E-state index contributed by atoms with van der Waals surface area (Å²) in [6.07, 6.45) is -0.178. The van der Waals surface area contributed by atoms with Gasteiger partial charge in [0.15, 0.2) is 0 Å². The molecule has 3 aromatic rings. The average Bonchev–Trinajstić information content (AvgIpc) is 2.70. The predicted octanol–water partition coefficient (Wildman–Crippen LogP) is 5.75. The summed E-state index contributed by atoms with van der Waals surface area (Å²) < 4.78 is 5.91. The summed E-state index contributed by atoms with van der Waals surface area (Å²) in [5.41, 5.74) is 2.71. The largest absolute Gasteiger partial charge is 0.484 e. The van der Waals surface area contributed by atoms with Crippen molar-refractivity contribution in [3.05, 3.63) is 94.5 Å². The zero-order valence-corrected chi connectivity index (χ0v) is 16.9. The Kier molecular flexibility index (Phi) is 6.52. The molecule has 0 aromatic heterocycles. The van der Waals surface area contributed by atoms with Gasteiger partial charge >= 0.3 is 6.03 Å². The normalized spacial score (nSPS) is 11.4. The Balaban J connectivity index is 1.62. The maximum Gasteiger partial charge on any atom is 0.326 e. The van der Waals surface area contributed by atoms with E-state index in [4.69, 9.17) is 16.3 Å². The number of anilines is 1. The van der Waals surface area contributed by atoms with Gasteiger partial charge in [-0.3, -0.25) is 10.1 Å². The van der Waals surface area contributed by atoms with E-state index in [2.05, 4.69) is 10.6 Å². The van der Waals surface area contributed by atoms with E-state index in [1.807, 2.05) is 56.3 Å². The van der Waals surface area contributed by atoms with E-state index in [0.29, 0.717) is 22.0 Å². The van der Waals surface area contributed by atoms with E-state index in [9.17, 15) is 9.59 Å². The first kappa shape index (κ1) is 20.4. The number of carbonyl (C=O) groups is 2. The molecule has 1 unspecified atom stereocenters. The lowest BCUT2D eigenvalue weighted by Crippen LogP contribution is -2.34. The van der Waals surface area contributed by atoms with Crippen LogP contribution in [0.2, 0.25) is 5.02 Å². The first-order chi connectivity index (χ1) is 13.9. The number of aryl methyl sites for hydroxylation is 1. The molecule has 0 saturated carbocycles. The number of hydrogen-bond acceptors (Lipinski definition) is 3. The standard InChI is InChI=1S/C23H21ClN2O3/c1-15-8-6-7-11-19(15)22(27)26-23(28)25-18-12-13-21(20(24)14-18)29-16(2)17-9-4-3-5-10-17/h3-14,16H,1-2H3,(H2,25,26,27,28). The number of halogens is 1. The highest BCUT2D eigenvalue weighted by molar-refractivity contribution is 6.32. The van der Waals surface area contributed by atoms with Crippen molar-refractivity contribution in [2.24, 2.45) is 0 Å². The molecule has 2 N–H and O–H groups in total. The van der Waals surface area contributed by atoms with Gasteiger partial charge in [0.1, 0.15) is 11.9 Å². The molecular weight excluding hydrogens is 388 g/mol. The van der Waals surface area contributed by atoms with Gasteiger partial charge in [0.25, 0.3) is 5.91 Å². The third kappa shape index (κ3) is 5.36. The van der Waals surface area contributed by atoms with Crippen molar-refractivity contribution in [1.29, 1.82) is 0 Å². The number of amides is 3. The number of carbonyl (C=O) groups excluding carboxylic acids is 2. The Hall–Kier alpha value is -3.31. The van der Waals surface area contributed by atoms with Crippen molar-refractivity contribution in [3.8, 4) is 5.75 Å². The molecule has 0 heterocycles. The summed E-state index contributed by atoms with van der Waals surface area (Å²) in [6, 6.07) is 21.1. The Morgan fingerprint density at radius 1 is 0.966 bits per heavy atom. The fourth-order valence-electron chi connectivity index (χ4n) is 2.82. The van der Waals surface area contributed by atoms with Crippen LogP contribution in [0.5, 0.6) is 5.75 Å². The van der Waals surface area contributed by atoms with Crippen LogP contribution in [0.25, 0.3) is 0 Å². The Bertz CT molecular complexity index is 1020. The van der Waals surface area contributed by atoms with E-state index >= 15 is 0 Å². The lowest BCUT2D eigenvalue weighted by molar-refractivity contribution is 0.0966. The van der Waals surface area contributed by atoms with Crippen LogP contribution in [0, 0.1) is 6.92 Å². The molecule has 0 aliphatic carbocycles. The molecule has 0 spiro atoms. The number of urea groups is 1. The van der Waals surface area contributed by atoms with Crippen molar-refractivity contribution >= 4 is 29.2 Å². The molecular formula is C23H21ClN2O3. The monoisotopic (exact) mass is 408 g/mol. The molecule has 0 saturated heterocycles. The van der Waals surface area contributed by atoms with E-state index in [1.165, 1.54) is 0 Å². The molecule has 0 fully saturated rings. The van der Waals surface area contributed by atoms with Gasteiger partial charge in [-0.25, -0.2) is 4.79 Å². The second kappa shape index (κ2) is 9.26. The molecule has 0 radical (unpaired) electrons. The quantitative estimate of drug-likeness (QED) is 0.564. The third-order valence-electron chi connectivity index (χ3n) is 4.38. The average molecular weight is 409 g/mol. The molecule has 1 atom stereocenters. The summed E-state index contributed by atoms with van der Waals surface area (Å²) >= 11 is 6.30. The molecule has 3 rings (SSSR count). The minimum atomic E-state index is -0.638. The van der Waals surface area contributed by atoms with Gasteiger partial charge in [-0.1, -0.05) is 60.1 Å². The van der Waals surface area contributed by atoms with Crippen LogP contribution < -0.4 is 15.4 Å². The van der Waals surface area contributed by atoms with Gasteiger partial charge < -0.3 is 10.1 Å². The van der Waals surface area contributed by atoms with Gasteiger partial charge in [0.05, 0.1) is 5.02 Å². The van der Waals surface area contributed by atoms with Gasteiger partial charge in [0, 0.05) is 11.3 Å². The number of imide groups is 1. The summed E-state index contributed by atoms with van der Waals surface area (Å²) in [6.45, 7) is 3.74. The van der Waals surface area contributed by atoms with Crippen molar-refractivity contribution in [2.75, 3.05) is 5.32 Å².